The number of ether oxygens (including phenoxy) is 1. The molecule has 0 radical (unpaired) electrons. The molecule has 5 nitrogen and oxygen atoms in total. The molecule has 3 rings (SSSR count). The average Bonchev–Trinajstić information content (AvgIpc) is 3.08. The molecule has 142 valence electrons. The summed E-state index contributed by atoms with van der Waals surface area (Å²) in [6.07, 6.45) is -2.68. The number of fused-ring (bicyclic) bond motifs is 1. The van der Waals surface area contributed by atoms with Crippen LogP contribution in [0.2, 0.25) is 0 Å². The molecular weight excluding hydrogens is 352 g/mol. The second-order valence-corrected chi connectivity index (χ2v) is 6.65. The maximum Gasteiger partial charge on any atom is 0.295 e. The Labute approximate surface area is 155 Å². The number of aromatic nitrogens is 2. The molecule has 1 amide bonds. The van der Waals surface area contributed by atoms with E-state index in [9.17, 15) is 13.6 Å². The van der Waals surface area contributed by atoms with Crippen LogP contribution in [0.15, 0.2) is 42.5 Å². The van der Waals surface area contributed by atoms with Gasteiger partial charge in [-0.05, 0) is 30.2 Å². The highest BCUT2D eigenvalue weighted by molar-refractivity contribution is 5.97. The van der Waals surface area contributed by atoms with Gasteiger partial charge < -0.3 is 15.0 Å². The van der Waals surface area contributed by atoms with E-state index >= 15 is 0 Å². The Kier molecular flexibility index (Phi) is 5.69. The third kappa shape index (κ3) is 4.61. The first kappa shape index (κ1) is 18.8. The number of nitrogens with zero attached hydrogens (tertiary/aromatic N) is 1. The van der Waals surface area contributed by atoms with E-state index in [0.29, 0.717) is 35.7 Å². The van der Waals surface area contributed by atoms with Crippen LogP contribution in [0.4, 0.5) is 8.78 Å². The average molecular weight is 373 g/mol. The monoisotopic (exact) mass is 373 g/mol. The lowest BCUT2D eigenvalue weighted by Gasteiger charge is -2.13. The maximum atomic E-state index is 12.7. The van der Waals surface area contributed by atoms with Gasteiger partial charge in [-0.25, -0.2) is 13.8 Å². The van der Waals surface area contributed by atoms with Gasteiger partial charge in [0.1, 0.15) is 5.75 Å². The molecule has 0 spiro atoms. The number of rotatable bonds is 7. The number of aromatic amines is 1. The van der Waals surface area contributed by atoms with Gasteiger partial charge in [0.25, 0.3) is 12.3 Å². The van der Waals surface area contributed by atoms with Gasteiger partial charge in [-0.1, -0.05) is 32.0 Å². The minimum absolute atomic E-state index is 0.302. The quantitative estimate of drug-likeness (QED) is 0.642. The predicted molar refractivity (Wildman–Crippen MR) is 99.0 cm³/mol. The molecule has 1 heterocycles. The predicted octanol–water partition coefficient (Wildman–Crippen LogP) is 4.47. The molecule has 27 heavy (non-hydrogen) atoms. The number of hydrogen-bond donors (Lipinski definition) is 2. The molecule has 0 saturated heterocycles. The summed E-state index contributed by atoms with van der Waals surface area (Å²) < 4.78 is 31.3. The lowest BCUT2D eigenvalue weighted by atomic mass is 10.1. The van der Waals surface area contributed by atoms with Crippen LogP contribution in [0, 0.1) is 5.92 Å². The van der Waals surface area contributed by atoms with Gasteiger partial charge in [-0.15, -0.1) is 0 Å². The Morgan fingerprint density at radius 3 is 2.74 bits per heavy atom. The van der Waals surface area contributed by atoms with Gasteiger partial charge in [0, 0.05) is 17.7 Å². The topological polar surface area (TPSA) is 67.0 Å². The van der Waals surface area contributed by atoms with Crippen molar-refractivity contribution in [2.24, 2.45) is 5.92 Å². The first-order valence-corrected chi connectivity index (χ1v) is 8.70. The number of H-pyrrole nitrogens is 1. The van der Waals surface area contributed by atoms with Crippen molar-refractivity contribution in [2.45, 2.75) is 26.8 Å². The van der Waals surface area contributed by atoms with E-state index in [1.807, 2.05) is 24.3 Å². The number of benzene rings is 2. The van der Waals surface area contributed by atoms with Crippen LogP contribution >= 0.6 is 0 Å². The van der Waals surface area contributed by atoms with Crippen LogP contribution in [0.25, 0.3) is 11.0 Å². The second-order valence-electron chi connectivity index (χ2n) is 6.65. The highest BCUT2D eigenvalue weighted by Crippen LogP contribution is 2.21. The minimum Gasteiger partial charge on any atom is -0.493 e. The zero-order valence-corrected chi connectivity index (χ0v) is 15.1. The van der Waals surface area contributed by atoms with Crippen LogP contribution in [-0.2, 0) is 6.54 Å². The third-order valence-electron chi connectivity index (χ3n) is 3.95. The fourth-order valence-electron chi connectivity index (χ4n) is 2.60. The Morgan fingerprint density at radius 1 is 1.22 bits per heavy atom. The Morgan fingerprint density at radius 2 is 2.00 bits per heavy atom. The standard InChI is InChI=1S/C20H21F2N3O2/c1-12(2)11-27-17-6-4-3-5-14(17)10-23-20(26)13-7-8-15-16(9-13)25-19(24-15)18(21)22/h3-9,12,18H,10-11H2,1-2H3,(H,23,26)(H,24,25). The number of imidazole rings is 1. The zero-order chi connectivity index (χ0) is 19.4. The molecule has 0 atom stereocenters. The smallest absolute Gasteiger partial charge is 0.295 e. The number of hydrogen-bond acceptors (Lipinski definition) is 3. The van der Waals surface area contributed by atoms with E-state index in [-0.39, 0.29) is 5.91 Å². The maximum absolute atomic E-state index is 12.7. The van der Waals surface area contributed by atoms with Crippen molar-refractivity contribution < 1.29 is 18.3 Å². The van der Waals surface area contributed by atoms with Gasteiger partial charge in [0.05, 0.1) is 17.6 Å². The number of amides is 1. The number of carbonyl (C=O) groups excluding carboxylic acids is 1. The molecule has 0 aliphatic heterocycles. The van der Waals surface area contributed by atoms with E-state index in [4.69, 9.17) is 4.74 Å². The van der Waals surface area contributed by atoms with Crippen molar-refractivity contribution >= 4 is 16.9 Å². The van der Waals surface area contributed by atoms with Crippen LogP contribution in [-0.4, -0.2) is 22.5 Å². The highest BCUT2D eigenvalue weighted by Gasteiger charge is 2.14. The van der Waals surface area contributed by atoms with E-state index in [0.717, 1.165) is 11.3 Å². The lowest BCUT2D eigenvalue weighted by Crippen LogP contribution is -2.23. The van der Waals surface area contributed by atoms with E-state index in [1.54, 1.807) is 12.1 Å². The van der Waals surface area contributed by atoms with Gasteiger partial charge >= 0.3 is 0 Å². The summed E-state index contributed by atoms with van der Waals surface area (Å²) in [5, 5.41) is 2.84. The fraction of sp³-hybridized carbons (Fsp3) is 0.300. The molecule has 0 saturated carbocycles. The second kappa shape index (κ2) is 8.16. The normalized spacial score (nSPS) is 11.3. The molecule has 2 N–H and O–H groups in total. The van der Waals surface area contributed by atoms with E-state index in [1.165, 1.54) is 6.07 Å². The molecule has 3 aromatic rings. The van der Waals surface area contributed by atoms with Crippen molar-refractivity contribution in [3.63, 3.8) is 0 Å². The van der Waals surface area contributed by atoms with Gasteiger partial charge in [-0.3, -0.25) is 4.79 Å². The van der Waals surface area contributed by atoms with Gasteiger partial charge in [0.15, 0.2) is 5.82 Å². The summed E-state index contributed by atoms with van der Waals surface area (Å²) in [7, 11) is 0. The minimum atomic E-state index is -2.68. The zero-order valence-electron chi connectivity index (χ0n) is 15.1. The molecule has 0 bridgehead atoms. The van der Waals surface area contributed by atoms with Crippen LogP contribution < -0.4 is 10.1 Å². The molecular formula is C20H21F2N3O2. The number of para-hydroxylation sites is 1. The number of nitrogens with one attached hydrogen (secondary N) is 2. The van der Waals surface area contributed by atoms with Crippen LogP contribution in [0.3, 0.4) is 0 Å². The number of carbonyl (C=O) groups is 1. The lowest BCUT2D eigenvalue weighted by molar-refractivity contribution is 0.0950. The summed E-state index contributed by atoms with van der Waals surface area (Å²) in [5.41, 5.74) is 2.04. The summed E-state index contributed by atoms with van der Waals surface area (Å²) in [5.74, 6) is 0.423. The molecule has 0 aliphatic rings. The van der Waals surface area contributed by atoms with Crippen molar-refractivity contribution in [1.29, 1.82) is 0 Å². The van der Waals surface area contributed by atoms with Crippen molar-refractivity contribution in [3.05, 3.63) is 59.4 Å². The summed E-state index contributed by atoms with van der Waals surface area (Å²) in [4.78, 5) is 18.8. The van der Waals surface area contributed by atoms with Crippen molar-refractivity contribution in [2.75, 3.05) is 6.61 Å². The Bertz CT molecular complexity index is 938. The Hall–Kier alpha value is -2.96. The third-order valence-corrected chi connectivity index (χ3v) is 3.95. The molecule has 0 aliphatic carbocycles. The number of halogens is 2. The highest BCUT2D eigenvalue weighted by atomic mass is 19.3. The van der Waals surface area contributed by atoms with Crippen LogP contribution in [0.1, 0.15) is 42.0 Å². The molecule has 0 fully saturated rings. The van der Waals surface area contributed by atoms with Crippen molar-refractivity contribution in [1.82, 2.24) is 15.3 Å². The number of alkyl halides is 2. The Balaban J connectivity index is 1.70. The summed E-state index contributed by atoms with van der Waals surface area (Å²) >= 11 is 0. The first-order chi connectivity index (χ1) is 12.9. The SMILES string of the molecule is CC(C)COc1ccccc1CNC(=O)c1ccc2nc(C(F)F)[nH]c2c1. The van der Waals surface area contributed by atoms with E-state index < -0.39 is 12.2 Å². The fourth-order valence-corrected chi connectivity index (χ4v) is 2.60. The van der Waals surface area contributed by atoms with Crippen LogP contribution in [0.5, 0.6) is 5.75 Å². The van der Waals surface area contributed by atoms with Crippen molar-refractivity contribution in [3.8, 4) is 5.75 Å². The molecule has 1 aromatic heterocycles. The summed E-state index contributed by atoms with van der Waals surface area (Å²) in [6, 6.07) is 12.2. The first-order valence-electron chi connectivity index (χ1n) is 8.70. The molecule has 0 unspecified atom stereocenters. The molecule has 2 aromatic carbocycles. The van der Waals surface area contributed by atoms with Gasteiger partial charge in [0.2, 0.25) is 0 Å². The van der Waals surface area contributed by atoms with E-state index in [2.05, 4.69) is 29.1 Å². The molecule has 7 heteroatoms. The largest absolute Gasteiger partial charge is 0.493 e. The van der Waals surface area contributed by atoms with Gasteiger partial charge in [-0.2, -0.15) is 0 Å². The summed E-state index contributed by atoms with van der Waals surface area (Å²) in [6.45, 7) is 5.02.